The first-order chi connectivity index (χ1) is 11.6. The van der Waals surface area contributed by atoms with Crippen molar-refractivity contribution in [1.29, 1.82) is 0 Å². The smallest absolute Gasteiger partial charge is 0.243 e. The minimum atomic E-state index is -3.44. The average molecular weight is 343 g/mol. The van der Waals surface area contributed by atoms with Crippen LogP contribution in [0, 0.1) is 18.3 Å². The van der Waals surface area contributed by atoms with E-state index in [-0.39, 0.29) is 0 Å². The molecular formula is C19H21NO3S. The molecule has 1 saturated heterocycles. The summed E-state index contributed by atoms with van der Waals surface area (Å²) in [5, 5.41) is 1.98. The van der Waals surface area contributed by atoms with Crippen LogP contribution < -0.4 is 0 Å². The van der Waals surface area contributed by atoms with Crippen LogP contribution in [-0.2, 0) is 14.8 Å². The number of benzene rings is 2. The van der Waals surface area contributed by atoms with Crippen LogP contribution in [0.3, 0.4) is 0 Å². The second-order valence-electron chi connectivity index (χ2n) is 6.08. The molecule has 0 amide bonds. The molecule has 1 aliphatic rings. The SMILES string of the molecule is C#CCOCC1CCN(S(=O)(=O)c2ccc3ccccc3c2)CC1. The molecule has 1 fully saturated rings. The van der Waals surface area contributed by atoms with Gasteiger partial charge in [-0.15, -0.1) is 6.42 Å². The molecule has 4 nitrogen and oxygen atoms in total. The Morgan fingerprint density at radius 2 is 1.83 bits per heavy atom. The Balaban J connectivity index is 1.70. The molecule has 24 heavy (non-hydrogen) atoms. The zero-order valence-corrected chi connectivity index (χ0v) is 14.3. The van der Waals surface area contributed by atoms with Crippen molar-refractivity contribution in [3.05, 3.63) is 42.5 Å². The third-order valence-electron chi connectivity index (χ3n) is 4.47. The molecule has 1 heterocycles. The first-order valence-electron chi connectivity index (χ1n) is 8.11. The predicted octanol–water partition coefficient (Wildman–Crippen LogP) is 2.89. The van der Waals surface area contributed by atoms with Crippen LogP contribution in [0.1, 0.15) is 12.8 Å². The zero-order chi connectivity index (χ0) is 17.0. The van der Waals surface area contributed by atoms with Crippen molar-refractivity contribution in [2.75, 3.05) is 26.3 Å². The van der Waals surface area contributed by atoms with Gasteiger partial charge < -0.3 is 4.74 Å². The fourth-order valence-electron chi connectivity index (χ4n) is 3.08. The summed E-state index contributed by atoms with van der Waals surface area (Å²) in [6, 6.07) is 13.1. The van der Waals surface area contributed by atoms with Crippen molar-refractivity contribution >= 4 is 20.8 Å². The maximum atomic E-state index is 12.9. The Morgan fingerprint density at radius 1 is 1.12 bits per heavy atom. The molecule has 0 aromatic heterocycles. The average Bonchev–Trinajstić information content (AvgIpc) is 2.62. The van der Waals surface area contributed by atoms with Crippen LogP contribution in [0.4, 0.5) is 0 Å². The van der Waals surface area contributed by atoms with E-state index in [4.69, 9.17) is 11.2 Å². The minimum Gasteiger partial charge on any atom is -0.369 e. The molecule has 2 aromatic carbocycles. The van der Waals surface area contributed by atoms with E-state index in [1.54, 1.807) is 16.4 Å². The molecule has 1 aliphatic heterocycles. The lowest BCUT2D eigenvalue weighted by Gasteiger charge is -2.31. The van der Waals surface area contributed by atoms with Gasteiger partial charge in [0, 0.05) is 13.1 Å². The lowest BCUT2D eigenvalue weighted by atomic mass is 9.99. The van der Waals surface area contributed by atoms with Gasteiger partial charge in [-0.1, -0.05) is 36.3 Å². The maximum Gasteiger partial charge on any atom is 0.243 e. The van der Waals surface area contributed by atoms with E-state index >= 15 is 0 Å². The summed E-state index contributed by atoms with van der Waals surface area (Å²) in [7, 11) is -3.44. The number of rotatable bonds is 5. The lowest BCUT2D eigenvalue weighted by molar-refractivity contribution is 0.101. The van der Waals surface area contributed by atoms with Gasteiger partial charge in [-0.25, -0.2) is 8.42 Å². The molecule has 2 aromatic rings. The van der Waals surface area contributed by atoms with E-state index in [0.29, 0.717) is 37.1 Å². The molecule has 0 spiro atoms. The summed E-state index contributed by atoms with van der Waals surface area (Å²) < 4.78 is 32.7. The molecule has 3 rings (SSSR count). The first kappa shape index (κ1) is 17.0. The van der Waals surface area contributed by atoms with Crippen LogP contribution >= 0.6 is 0 Å². The molecule has 0 aliphatic carbocycles. The molecule has 0 radical (unpaired) electrons. The highest BCUT2D eigenvalue weighted by Gasteiger charge is 2.29. The number of piperidine rings is 1. The molecule has 126 valence electrons. The number of nitrogens with zero attached hydrogens (tertiary/aromatic N) is 1. The van der Waals surface area contributed by atoms with Gasteiger partial charge in [0.25, 0.3) is 0 Å². The second-order valence-corrected chi connectivity index (χ2v) is 8.01. The summed E-state index contributed by atoms with van der Waals surface area (Å²) in [5.41, 5.74) is 0. The number of fused-ring (bicyclic) bond motifs is 1. The molecule has 0 atom stereocenters. The molecule has 5 heteroatoms. The highest BCUT2D eigenvalue weighted by atomic mass is 32.2. The number of hydrogen-bond donors (Lipinski definition) is 0. The van der Waals surface area contributed by atoms with E-state index in [9.17, 15) is 8.42 Å². The number of terminal acetylenes is 1. The minimum absolute atomic E-state index is 0.315. The molecule has 0 unspecified atom stereocenters. The van der Waals surface area contributed by atoms with Gasteiger partial charge in [-0.3, -0.25) is 0 Å². The normalized spacial score (nSPS) is 17.0. The van der Waals surface area contributed by atoms with Crippen molar-refractivity contribution < 1.29 is 13.2 Å². The maximum absolute atomic E-state index is 12.9. The number of hydrogen-bond acceptors (Lipinski definition) is 3. The van der Waals surface area contributed by atoms with Crippen LogP contribution in [0.2, 0.25) is 0 Å². The van der Waals surface area contributed by atoms with Crippen LogP contribution in [0.5, 0.6) is 0 Å². The second kappa shape index (κ2) is 7.35. The Bertz CT molecular complexity index is 846. The fraction of sp³-hybridized carbons (Fsp3) is 0.368. The third-order valence-corrected chi connectivity index (χ3v) is 6.37. The van der Waals surface area contributed by atoms with Crippen molar-refractivity contribution in [1.82, 2.24) is 4.31 Å². The van der Waals surface area contributed by atoms with E-state index < -0.39 is 10.0 Å². The van der Waals surface area contributed by atoms with Gasteiger partial charge in [-0.2, -0.15) is 4.31 Å². The lowest BCUT2D eigenvalue weighted by Crippen LogP contribution is -2.39. The van der Waals surface area contributed by atoms with Crippen molar-refractivity contribution in [3.8, 4) is 12.3 Å². The largest absolute Gasteiger partial charge is 0.369 e. The highest BCUT2D eigenvalue weighted by molar-refractivity contribution is 7.89. The summed E-state index contributed by atoms with van der Waals surface area (Å²) in [5.74, 6) is 2.82. The topological polar surface area (TPSA) is 46.6 Å². The monoisotopic (exact) mass is 343 g/mol. The summed E-state index contributed by atoms with van der Waals surface area (Å²) >= 11 is 0. The predicted molar refractivity (Wildman–Crippen MR) is 95.1 cm³/mol. The van der Waals surface area contributed by atoms with Crippen molar-refractivity contribution in [2.24, 2.45) is 5.92 Å². The van der Waals surface area contributed by atoms with Gasteiger partial charge in [0.05, 0.1) is 11.5 Å². The molecule has 0 bridgehead atoms. The summed E-state index contributed by atoms with van der Waals surface area (Å²) in [4.78, 5) is 0.364. The third kappa shape index (κ3) is 3.62. The van der Waals surface area contributed by atoms with Crippen LogP contribution in [0.15, 0.2) is 47.4 Å². The van der Waals surface area contributed by atoms with E-state index in [0.717, 1.165) is 23.6 Å². The highest BCUT2D eigenvalue weighted by Crippen LogP contribution is 2.26. The first-order valence-corrected chi connectivity index (χ1v) is 9.55. The van der Waals surface area contributed by atoms with Gasteiger partial charge >= 0.3 is 0 Å². The Hall–Kier alpha value is -1.87. The Morgan fingerprint density at radius 3 is 2.54 bits per heavy atom. The van der Waals surface area contributed by atoms with Gasteiger partial charge in [-0.05, 0) is 41.7 Å². The summed E-state index contributed by atoms with van der Waals surface area (Å²) in [6.07, 6.45) is 6.77. The Labute approximate surface area is 143 Å². The number of ether oxygens (including phenoxy) is 1. The summed E-state index contributed by atoms with van der Waals surface area (Å²) in [6.45, 7) is 1.97. The standard InChI is InChI=1S/C19H21NO3S/c1-2-13-23-15-16-9-11-20(12-10-16)24(21,22)19-8-7-17-5-3-4-6-18(17)14-19/h1,3-8,14,16H,9-13,15H2. The fourth-order valence-corrected chi connectivity index (χ4v) is 4.58. The van der Waals surface area contributed by atoms with Crippen LogP contribution in [-0.4, -0.2) is 39.0 Å². The van der Waals surface area contributed by atoms with Gasteiger partial charge in [0.15, 0.2) is 0 Å². The quantitative estimate of drug-likeness (QED) is 0.619. The zero-order valence-electron chi connectivity index (χ0n) is 13.5. The molecule has 0 N–H and O–H groups in total. The number of sulfonamides is 1. The van der Waals surface area contributed by atoms with Crippen molar-refractivity contribution in [3.63, 3.8) is 0 Å². The van der Waals surface area contributed by atoms with Crippen LogP contribution in [0.25, 0.3) is 10.8 Å². The van der Waals surface area contributed by atoms with Crippen molar-refractivity contribution in [2.45, 2.75) is 17.7 Å². The molecular weight excluding hydrogens is 322 g/mol. The van der Waals surface area contributed by atoms with E-state index in [1.165, 1.54) is 0 Å². The van der Waals surface area contributed by atoms with E-state index in [1.807, 2.05) is 30.3 Å². The molecule has 0 saturated carbocycles. The van der Waals surface area contributed by atoms with E-state index in [2.05, 4.69) is 5.92 Å². The Kier molecular flexibility index (Phi) is 5.20. The van der Waals surface area contributed by atoms with Gasteiger partial charge in [0.2, 0.25) is 10.0 Å². The van der Waals surface area contributed by atoms with Gasteiger partial charge in [0.1, 0.15) is 6.61 Å².